The van der Waals surface area contributed by atoms with Gasteiger partial charge in [0.1, 0.15) is 12.2 Å². The molecule has 110 valence electrons. The zero-order valence-electron chi connectivity index (χ0n) is 12.8. The summed E-state index contributed by atoms with van der Waals surface area (Å²) in [6, 6.07) is 2.40. The topological polar surface area (TPSA) is 60.6 Å². The van der Waals surface area contributed by atoms with Crippen molar-refractivity contribution in [2.45, 2.75) is 39.2 Å². The summed E-state index contributed by atoms with van der Waals surface area (Å²) in [5.41, 5.74) is 2.34. The first-order valence-corrected chi connectivity index (χ1v) is 7.24. The third kappa shape index (κ3) is 3.25. The molecule has 0 saturated carbocycles. The lowest BCUT2D eigenvalue weighted by Crippen LogP contribution is -2.27. The van der Waals surface area contributed by atoms with Crippen LogP contribution in [0.1, 0.15) is 43.5 Å². The monoisotopic (exact) mass is 276 g/mol. The van der Waals surface area contributed by atoms with Crippen LogP contribution in [0.4, 0.5) is 0 Å². The van der Waals surface area contributed by atoms with Crippen molar-refractivity contribution in [2.24, 2.45) is 14.1 Å². The van der Waals surface area contributed by atoms with Crippen LogP contribution < -0.4 is 5.32 Å². The lowest BCUT2D eigenvalue weighted by Gasteiger charge is -2.18. The van der Waals surface area contributed by atoms with Gasteiger partial charge in [-0.1, -0.05) is 13.8 Å². The summed E-state index contributed by atoms with van der Waals surface area (Å²) in [5.74, 6) is 0.984. The van der Waals surface area contributed by atoms with E-state index in [1.807, 2.05) is 23.5 Å². The lowest BCUT2D eigenvalue weighted by molar-refractivity contribution is 0.476. The number of hydrogen-bond acceptors (Lipinski definition) is 4. The zero-order valence-corrected chi connectivity index (χ0v) is 12.8. The van der Waals surface area contributed by atoms with E-state index in [0.717, 1.165) is 37.3 Å². The van der Waals surface area contributed by atoms with E-state index in [9.17, 15) is 0 Å². The van der Waals surface area contributed by atoms with Crippen LogP contribution in [0.3, 0.4) is 0 Å². The van der Waals surface area contributed by atoms with Crippen molar-refractivity contribution in [3.05, 3.63) is 29.6 Å². The number of aromatic nitrogens is 5. The van der Waals surface area contributed by atoms with E-state index in [1.165, 1.54) is 5.69 Å². The SMILES string of the molecule is CCCNC(Cc1ncnn1C)c1cc(CC)nn1C. The largest absolute Gasteiger partial charge is 0.308 e. The van der Waals surface area contributed by atoms with Crippen LogP contribution in [0.5, 0.6) is 0 Å². The van der Waals surface area contributed by atoms with Crippen molar-refractivity contribution in [1.82, 2.24) is 29.9 Å². The van der Waals surface area contributed by atoms with E-state index in [0.29, 0.717) is 0 Å². The standard InChI is InChI=1S/C14H24N6/c1-5-7-15-12(9-14-16-10-17-20(14)4)13-8-11(6-2)18-19(13)3/h8,10,12,15H,5-7,9H2,1-4H3. The molecule has 6 nitrogen and oxygen atoms in total. The second-order valence-corrected chi connectivity index (χ2v) is 5.05. The van der Waals surface area contributed by atoms with E-state index < -0.39 is 0 Å². The highest BCUT2D eigenvalue weighted by Gasteiger charge is 2.18. The molecule has 1 N–H and O–H groups in total. The van der Waals surface area contributed by atoms with Gasteiger partial charge in [0.2, 0.25) is 0 Å². The van der Waals surface area contributed by atoms with Crippen molar-refractivity contribution in [1.29, 1.82) is 0 Å². The summed E-state index contributed by atoms with van der Waals surface area (Å²) >= 11 is 0. The van der Waals surface area contributed by atoms with Gasteiger partial charge in [0.15, 0.2) is 0 Å². The molecule has 0 radical (unpaired) electrons. The highest BCUT2D eigenvalue weighted by atomic mass is 15.3. The molecule has 20 heavy (non-hydrogen) atoms. The number of nitrogens with zero attached hydrogens (tertiary/aromatic N) is 5. The van der Waals surface area contributed by atoms with Crippen LogP contribution in [-0.4, -0.2) is 31.1 Å². The van der Waals surface area contributed by atoms with Crippen LogP contribution >= 0.6 is 0 Å². The van der Waals surface area contributed by atoms with Gasteiger partial charge < -0.3 is 5.32 Å². The average molecular weight is 276 g/mol. The summed E-state index contributed by atoms with van der Waals surface area (Å²) in [6.45, 7) is 5.28. The first-order valence-electron chi connectivity index (χ1n) is 7.24. The first-order chi connectivity index (χ1) is 9.65. The molecule has 2 heterocycles. The van der Waals surface area contributed by atoms with Gasteiger partial charge in [-0.05, 0) is 25.5 Å². The Bertz CT molecular complexity index is 542. The maximum absolute atomic E-state index is 4.54. The van der Waals surface area contributed by atoms with Crippen LogP contribution in [0, 0.1) is 0 Å². The summed E-state index contributed by atoms with van der Waals surface area (Å²) in [6.07, 6.45) is 4.48. The van der Waals surface area contributed by atoms with E-state index >= 15 is 0 Å². The predicted molar refractivity (Wildman–Crippen MR) is 78.3 cm³/mol. The van der Waals surface area contributed by atoms with E-state index in [-0.39, 0.29) is 6.04 Å². The van der Waals surface area contributed by atoms with Crippen molar-refractivity contribution >= 4 is 0 Å². The molecule has 0 spiro atoms. The van der Waals surface area contributed by atoms with Crippen molar-refractivity contribution in [2.75, 3.05) is 6.54 Å². The Morgan fingerprint density at radius 2 is 2.05 bits per heavy atom. The summed E-state index contributed by atoms with van der Waals surface area (Å²) in [7, 11) is 3.94. The molecule has 1 unspecified atom stereocenters. The third-order valence-corrected chi connectivity index (χ3v) is 3.52. The molecule has 2 aromatic rings. The second-order valence-electron chi connectivity index (χ2n) is 5.05. The normalized spacial score (nSPS) is 12.8. The van der Waals surface area contributed by atoms with E-state index in [4.69, 9.17) is 0 Å². The van der Waals surface area contributed by atoms with E-state index in [1.54, 1.807) is 6.33 Å². The number of nitrogens with one attached hydrogen (secondary N) is 1. The van der Waals surface area contributed by atoms with Gasteiger partial charge in [-0.25, -0.2) is 4.98 Å². The minimum absolute atomic E-state index is 0.218. The minimum Gasteiger partial charge on any atom is -0.308 e. The predicted octanol–water partition coefficient (Wildman–Crippen LogP) is 1.39. The molecule has 0 aromatic carbocycles. The number of hydrogen-bond donors (Lipinski definition) is 1. The van der Waals surface area contributed by atoms with Gasteiger partial charge in [0, 0.05) is 20.5 Å². The highest BCUT2D eigenvalue weighted by Crippen LogP contribution is 2.18. The van der Waals surface area contributed by atoms with Gasteiger partial charge in [0.25, 0.3) is 0 Å². The van der Waals surface area contributed by atoms with Crippen LogP contribution in [0.15, 0.2) is 12.4 Å². The molecule has 2 rings (SSSR count). The molecule has 0 aliphatic rings. The van der Waals surface area contributed by atoms with Gasteiger partial charge in [-0.2, -0.15) is 10.2 Å². The molecule has 1 atom stereocenters. The third-order valence-electron chi connectivity index (χ3n) is 3.52. The Balaban J connectivity index is 2.22. The summed E-state index contributed by atoms with van der Waals surface area (Å²) in [5, 5.41) is 12.3. The summed E-state index contributed by atoms with van der Waals surface area (Å²) in [4.78, 5) is 4.33. The lowest BCUT2D eigenvalue weighted by atomic mass is 10.1. The van der Waals surface area contributed by atoms with Gasteiger partial charge in [0.05, 0.1) is 17.4 Å². The number of rotatable bonds is 7. The van der Waals surface area contributed by atoms with E-state index in [2.05, 4.69) is 40.4 Å². The highest BCUT2D eigenvalue weighted by molar-refractivity contribution is 5.15. The summed E-state index contributed by atoms with van der Waals surface area (Å²) < 4.78 is 3.81. The molecule has 0 saturated heterocycles. The van der Waals surface area contributed by atoms with Crippen LogP contribution in [0.2, 0.25) is 0 Å². The average Bonchev–Trinajstić information content (AvgIpc) is 3.01. The Kier molecular flexibility index (Phi) is 4.89. The molecule has 2 aromatic heterocycles. The first kappa shape index (κ1) is 14.7. The Hall–Kier alpha value is -1.69. The van der Waals surface area contributed by atoms with Crippen LogP contribution in [-0.2, 0) is 26.9 Å². The molecule has 0 fully saturated rings. The van der Waals surface area contributed by atoms with Crippen LogP contribution in [0.25, 0.3) is 0 Å². The fourth-order valence-corrected chi connectivity index (χ4v) is 2.33. The second kappa shape index (κ2) is 6.65. The van der Waals surface area contributed by atoms with Crippen molar-refractivity contribution < 1.29 is 0 Å². The quantitative estimate of drug-likeness (QED) is 0.830. The fraction of sp³-hybridized carbons (Fsp3) is 0.643. The zero-order chi connectivity index (χ0) is 14.5. The van der Waals surface area contributed by atoms with Gasteiger partial charge in [-0.15, -0.1) is 0 Å². The maximum Gasteiger partial charge on any atom is 0.138 e. The minimum atomic E-state index is 0.218. The van der Waals surface area contributed by atoms with Crippen molar-refractivity contribution in [3.8, 4) is 0 Å². The number of aryl methyl sites for hydroxylation is 3. The molecule has 0 bridgehead atoms. The van der Waals surface area contributed by atoms with Crippen molar-refractivity contribution in [3.63, 3.8) is 0 Å². The fourth-order valence-electron chi connectivity index (χ4n) is 2.33. The molecular weight excluding hydrogens is 252 g/mol. The molecule has 0 amide bonds. The molecular formula is C14H24N6. The molecule has 0 aliphatic carbocycles. The molecule has 6 heteroatoms. The Morgan fingerprint density at radius 1 is 1.25 bits per heavy atom. The smallest absolute Gasteiger partial charge is 0.138 e. The van der Waals surface area contributed by atoms with Gasteiger partial charge >= 0.3 is 0 Å². The maximum atomic E-state index is 4.54. The molecule has 0 aliphatic heterocycles. The Morgan fingerprint density at radius 3 is 2.60 bits per heavy atom. The van der Waals surface area contributed by atoms with Gasteiger partial charge in [-0.3, -0.25) is 9.36 Å². The Labute approximate surface area is 120 Å².